The Morgan fingerprint density at radius 1 is 0.969 bits per heavy atom. The summed E-state index contributed by atoms with van der Waals surface area (Å²) in [5.74, 6) is 3.99. The monoisotopic (exact) mass is 436 g/mol. The molecule has 176 valence electrons. The van der Waals surface area contributed by atoms with E-state index in [-0.39, 0.29) is 12.2 Å². The van der Waals surface area contributed by atoms with E-state index in [0.29, 0.717) is 16.7 Å². The third-order valence-corrected chi connectivity index (χ3v) is 10.9. The van der Waals surface area contributed by atoms with Gasteiger partial charge < -0.3 is 10.2 Å². The van der Waals surface area contributed by atoms with Gasteiger partial charge in [0.2, 0.25) is 0 Å². The molecule has 2 nitrogen and oxygen atoms in total. The standard InChI is InChI=1S/C30H44O2/c1-20(9-14-28(32)21-7-5-4-6-8-21)25-12-13-26-24-11-10-22-19-23(31)15-17-29(22,2)27(24)16-18-30(25,26)3/h4-8,10,20,23-28,31-32H,9,11-19H2,1-3H3/t20-,23+,24+,25-,26+,27+,28+,29+,30-/m1/s1. The van der Waals surface area contributed by atoms with Gasteiger partial charge in [0.25, 0.3) is 0 Å². The summed E-state index contributed by atoms with van der Waals surface area (Å²) < 4.78 is 0. The quantitative estimate of drug-likeness (QED) is 0.484. The number of hydrogen-bond donors (Lipinski definition) is 2. The Balaban J connectivity index is 1.27. The molecule has 0 heterocycles. The average molecular weight is 437 g/mol. The Bertz CT molecular complexity index is 830. The number of hydrogen-bond acceptors (Lipinski definition) is 2. The molecular weight excluding hydrogens is 392 g/mol. The van der Waals surface area contributed by atoms with Crippen molar-refractivity contribution < 1.29 is 10.2 Å². The van der Waals surface area contributed by atoms with Crippen LogP contribution in [-0.2, 0) is 0 Å². The highest BCUT2D eigenvalue weighted by Crippen LogP contribution is 2.67. The highest BCUT2D eigenvalue weighted by atomic mass is 16.3. The van der Waals surface area contributed by atoms with Crippen LogP contribution in [0.5, 0.6) is 0 Å². The lowest BCUT2D eigenvalue weighted by atomic mass is 9.47. The molecule has 1 aromatic carbocycles. The molecule has 4 aliphatic rings. The molecule has 2 heteroatoms. The number of fused-ring (bicyclic) bond motifs is 5. The van der Waals surface area contributed by atoms with Gasteiger partial charge in [-0.3, -0.25) is 0 Å². The number of benzene rings is 1. The van der Waals surface area contributed by atoms with Gasteiger partial charge in [-0.1, -0.05) is 62.8 Å². The largest absolute Gasteiger partial charge is 0.393 e. The fourth-order valence-corrected chi connectivity index (χ4v) is 9.08. The lowest BCUT2D eigenvalue weighted by Gasteiger charge is -2.58. The highest BCUT2D eigenvalue weighted by Gasteiger charge is 2.59. The first kappa shape index (κ1) is 22.7. The molecule has 0 amide bonds. The van der Waals surface area contributed by atoms with Crippen molar-refractivity contribution in [1.82, 2.24) is 0 Å². The lowest BCUT2D eigenvalue weighted by molar-refractivity contribution is -0.0577. The zero-order chi connectivity index (χ0) is 22.5. The minimum atomic E-state index is -0.331. The summed E-state index contributed by atoms with van der Waals surface area (Å²) in [5.41, 5.74) is 3.45. The predicted octanol–water partition coefficient (Wildman–Crippen LogP) is 7.08. The van der Waals surface area contributed by atoms with Crippen LogP contribution in [0, 0.1) is 40.4 Å². The first-order chi connectivity index (χ1) is 15.3. The smallest absolute Gasteiger partial charge is 0.0790 e. The molecule has 9 atom stereocenters. The second-order valence-electron chi connectivity index (χ2n) is 12.4. The molecule has 0 bridgehead atoms. The lowest BCUT2D eigenvalue weighted by Crippen LogP contribution is -2.50. The van der Waals surface area contributed by atoms with Crippen LogP contribution in [0.25, 0.3) is 0 Å². The molecule has 1 aromatic rings. The molecule has 3 saturated carbocycles. The Morgan fingerprint density at radius 2 is 1.75 bits per heavy atom. The van der Waals surface area contributed by atoms with Gasteiger partial charge in [-0.2, -0.15) is 0 Å². The molecule has 3 fully saturated rings. The number of allylic oxidation sites excluding steroid dienone is 1. The van der Waals surface area contributed by atoms with E-state index in [1.54, 1.807) is 5.57 Å². The fourth-order valence-electron chi connectivity index (χ4n) is 9.08. The average Bonchev–Trinajstić information content (AvgIpc) is 3.15. The molecular formula is C30H44O2. The van der Waals surface area contributed by atoms with Gasteiger partial charge in [0.05, 0.1) is 12.2 Å². The zero-order valence-corrected chi connectivity index (χ0v) is 20.5. The molecule has 0 radical (unpaired) electrons. The van der Waals surface area contributed by atoms with Crippen molar-refractivity contribution in [2.75, 3.05) is 0 Å². The molecule has 4 aliphatic carbocycles. The topological polar surface area (TPSA) is 40.5 Å². The van der Waals surface area contributed by atoms with E-state index in [2.05, 4.69) is 39.0 Å². The molecule has 0 unspecified atom stereocenters. The van der Waals surface area contributed by atoms with Crippen LogP contribution in [0.1, 0.15) is 96.6 Å². The minimum Gasteiger partial charge on any atom is -0.393 e. The second-order valence-corrected chi connectivity index (χ2v) is 12.4. The van der Waals surface area contributed by atoms with Gasteiger partial charge in [0.15, 0.2) is 0 Å². The molecule has 2 N–H and O–H groups in total. The fraction of sp³-hybridized carbons (Fsp3) is 0.733. The van der Waals surface area contributed by atoms with Gasteiger partial charge in [0, 0.05) is 0 Å². The van der Waals surface area contributed by atoms with Crippen LogP contribution in [0.15, 0.2) is 42.0 Å². The number of aliphatic hydroxyl groups excluding tert-OH is 2. The third-order valence-electron chi connectivity index (χ3n) is 10.9. The van der Waals surface area contributed by atoms with Crippen LogP contribution in [-0.4, -0.2) is 16.3 Å². The van der Waals surface area contributed by atoms with Crippen LogP contribution in [0.2, 0.25) is 0 Å². The predicted molar refractivity (Wildman–Crippen MR) is 131 cm³/mol. The van der Waals surface area contributed by atoms with Crippen molar-refractivity contribution in [2.45, 2.75) is 97.2 Å². The summed E-state index contributed by atoms with van der Waals surface area (Å²) in [6.07, 6.45) is 14.0. The Kier molecular flexibility index (Phi) is 6.08. The van der Waals surface area contributed by atoms with Gasteiger partial charge in [0.1, 0.15) is 0 Å². The Labute approximate surface area is 195 Å². The van der Waals surface area contributed by atoms with Crippen molar-refractivity contribution in [1.29, 1.82) is 0 Å². The molecule has 32 heavy (non-hydrogen) atoms. The van der Waals surface area contributed by atoms with Crippen molar-refractivity contribution in [3.05, 3.63) is 47.5 Å². The van der Waals surface area contributed by atoms with Crippen molar-refractivity contribution in [2.24, 2.45) is 40.4 Å². The molecule has 0 saturated heterocycles. The molecule has 0 aliphatic heterocycles. The normalized spacial score (nSPS) is 42.9. The van der Waals surface area contributed by atoms with E-state index in [9.17, 15) is 10.2 Å². The summed E-state index contributed by atoms with van der Waals surface area (Å²) in [6, 6.07) is 10.2. The van der Waals surface area contributed by atoms with E-state index in [1.807, 2.05) is 18.2 Å². The maximum atomic E-state index is 10.7. The van der Waals surface area contributed by atoms with E-state index >= 15 is 0 Å². The maximum Gasteiger partial charge on any atom is 0.0790 e. The van der Waals surface area contributed by atoms with Crippen LogP contribution >= 0.6 is 0 Å². The van der Waals surface area contributed by atoms with Gasteiger partial charge in [-0.15, -0.1) is 0 Å². The summed E-state index contributed by atoms with van der Waals surface area (Å²) in [6.45, 7) is 7.62. The Hall–Kier alpha value is -1.12. The van der Waals surface area contributed by atoms with Crippen LogP contribution in [0.3, 0.4) is 0 Å². The molecule has 0 aromatic heterocycles. The zero-order valence-electron chi connectivity index (χ0n) is 20.5. The second kappa shape index (κ2) is 8.58. The summed E-state index contributed by atoms with van der Waals surface area (Å²) in [5, 5.41) is 20.9. The summed E-state index contributed by atoms with van der Waals surface area (Å²) in [4.78, 5) is 0. The SMILES string of the molecule is C[C@H](CC[C@H](O)c1ccccc1)[C@H]1CC[C@H]2[C@@H]3CC=C4C[C@@H](O)CC[C@]4(C)[C@H]3CC[C@]12C. The van der Waals surface area contributed by atoms with E-state index in [4.69, 9.17) is 0 Å². The van der Waals surface area contributed by atoms with Crippen LogP contribution < -0.4 is 0 Å². The van der Waals surface area contributed by atoms with Gasteiger partial charge >= 0.3 is 0 Å². The molecule has 5 rings (SSSR count). The first-order valence-electron chi connectivity index (χ1n) is 13.4. The summed E-state index contributed by atoms with van der Waals surface area (Å²) >= 11 is 0. The van der Waals surface area contributed by atoms with E-state index < -0.39 is 0 Å². The van der Waals surface area contributed by atoms with Crippen molar-refractivity contribution in [3.63, 3.8) is 0 Å². The minimum absolute atomic E-state index is 0.109. The van der Waals surface area contributed by atoms with E-state index in [1.165, 1.54) is 38.5 Å². The maximum absolute atomic E-state index is 10.7. The highest BCUT2D eigenvalue weighted by molar-refractivity contribution is 5.25. The van der Waals surface area contributed by atoms with Gasteiger partial charge in [-0.05, 0) is 110 Å². The number of rotatable bonds is 5. The first-order valence-corrected chi connectivity index (χ1v) is 13.4. The Morgan fingerprint density at radius 3 is 2.53 bits per heavy atom. The van der Waals surface area contributed by atoms with E-state index in [0.717, 1.165) is 54.9 Å². The van der Waals surface area contributed by atoms with Gasteiger partial charge in [-0.25, -0.2) is 0 Å². The van der Waals surface area contributed by atoms with Crippen molar-refractivity contribution >= 4 is 0 Å². The molecule has 0 spiro atoms. The number of aliphatic hydroxyl groups is 2. The summed E-state index contributed by atoms with van der Waals surface area (Å²) in [7, 11) is 0. The van der Waals surface area contributed by atoms with Crippen molar-refractivity contribution in [3.8, 4) is 0 Å². The van der Waals surface area contributed by atoms with Crippen LogP contribution in [0.4, 0.5) is 0 Å². The third kappa shape index (κ3) is 3.70.